The van der Waals surface area contributed by atoms with Crippen LogP contribution >= 0.6 is 0 Å². The molecule has 1 aromatic heterocycles. The zero-order chi connectivity index (χ0) is 15.6. The Morgan fingerprint density at radius 1 is 1.24 bits per heavy atom. The number of aromatic nitrogens is 2. The van der Waals surface area contributed by atoms with Crippen LogP contribution in [0.3, 0.4) is 0 Å². The van der Waals surface area contributed by atoms with Gasteiger partial charge >= 0.3 is 5.69 Å². The first-order valence-electron chi connectivity index (χ1n) is 7.13. The molecular formula is C13H22N6O2. The molecule has 1 saturated heterocycles. The highest BCUT2D eigenvalue weighted by Gasteiger charge is 2.29. The van der Waals surface area contributed by atoms with Crippen LogP contribution in [0.4, 0.5) is 17.5 Å². The fourth-order valence-corrected chi connectivity index (χ4v) is 2.55. The van der Waals surface area contributed by atoms with Gasteiger partial charge in [0.15, 0.2) is 0 Å². The maximum atomic E-state index is 11.3. The molecule has 8 heteroatoms. The summed E-state index contributed by atoms with van der Waals surface area (Å²) in [7, 11) is 1.71. The summed E-state index contributed by atoms with van der Waals surface area (Å²) in [4.78, 5) is 23.7. The van der Waals surface area contributed by atoms with Crippen molar-refractivity contribution in [3.63, 3.8) is 0 Å². The van der Waals surface area contributed by atoms with E-state index >= 15 is 0 Å². The molecule has 1 fully saturated rings. The summed E-state index contributed by atoms with van der Waals surface area (Å²) in [6.45, 7) is 9.20. The quantitative estimate of drug-likeness (QED) is 0.660. The van der Waals surface area contributed by atoms with Crippen LogP contribution in [0.15, 0.2) is 0 Å². The molecule has 116 valence electrons. The van der Waals surface area contributed by atoms with Crippen LogP contribution in [-0.2, 0) is 0 Å². The average molecular weight is 294 g/mol. The number of aryl methyl sites for hydroxylation is 1. The Labute approximate surface area is 124 Å². The number of hydrogen-bond donors (Lipinski definition) is 1. The summed E-state index contributed by atoms with van der Waals surface area (Å²) < 4.78 is 0. The fraction of sp³-hybridized carbons (Fsp3) is 0.692. The molecule has 0 aliphatic carbocycles. The van der Waals surface area contributed by atoms with Crippen LogP contribution in [0.25, 0.3) is 0 Å². The maximum absolute atomic E-state index is 11.3. The second-order valence-electron chi connectivity index (χ2n) is 5.43. The SMILES string of the molecule is CNc1nc(C)c([N+](=O)[O-])c(N2CCN(C(C)C)CC2)n1. The summed E-state index contributed by atoms with van der Waals surface area (Å²) >= 11 is 0. The van der Waals surface area contributed by atoms with Gasteiger partial charge in [-0.1, -0.05) is 0 Å². The Morgan fingerprint density at radius 2 is 1.86 bits per heavy atom. The van der Waals surface area contributed by atoms with Gasteiger partial charge in [-0.25, -0.2) is 4.98 Å². The van der Waals surface area contributed by atoms with Crippen molar-refractivity contribution in [1.82, 2.24) is 14.9 Å². The minimum atomic E-state index is -0.390. The Hall–Kier alpha value is -1.96. The van der Waals surface area contributed by atoms with Crippen molar-refractivity contribution in [3.05, 3.63) is 15.8 Å². The average Bonchev–Trinajstić information content (AvgIpc) is 2.45. The van der Waals surface area contributed by atoms with Crippen molar-refractivity contribution in [1.29, 1.82) is 0 Å². The molecule has 0 saturated carbocycles. The Bertz CT molecular complexity index is 526. The van der Waals surface area contributed by atoms with Crippen LogP contribution in [0, 0.1) is 17.0 Å². The van der Waals surface area contributed by atoms with Crippen molar-refractivity contribution in [2.24, 2.45) is 0 Å². The second kappa shape index (κ2) is 6.21. The number of piperazine rings is 1. The zero-order valence-electron chi connectivity index (χ0n) is 13.0. The monoisotopic (exact) mass is 294 g/mol. The summed E-state index contributed by atoms with van der Waals surface area (Å²) in [5.74, 6) is 0.833. The van der Waals surface area contributed by atoms with Crippen LogP contribution < -0.4 is 10.2 Å². The molecule has 0 unspecified atom stereocenters. The summed E-state index contributed by atoms with van der Waals surface area (Å²) in [5.41, 5.74) is 0.396. The lowest BCUT2D eigenvalue weighted by atomic mass is 10.2. The second-order valence-corrected chi connectivity index (χ2v) is 5.43. The predicted molar refractivity (Wildman–Crippen MR) is 81.9 cm³/mol. The van der Waals surface area contributed by atoms with E-state index in [0.29, 0.717) is 23.5 Å². The number of nitro groups is 1. The van der Waals surface area contributed by atoms with Gasteiger partial charge in [0.25, 0.3) is 0 Å². The molecule has 0 aromatic carbocycles. The Kier molecular flexibility index (Phi) is 4.56. The van der Waals surface area contributed by atoms with E-state index in [1.54, 1.807) is 14.0 Å². The molecule has 2 heterocycles. The first-order chi connectivity index (χ1) is 9.93. The highest BCUT2D eigenvalue weighted by atomic mass is 16.6. The van der Waals surface area contributed by atoms with E-state index in [2.05, 4.69) is 34.0 Å². The smallest absolute Gasteiger partial charge is 0.332 e. The molecule has 1 N–H and O–H groups in total. The lowest BCUT2D eigenvalue weighted by Crippen LogP contribution is -2.49. The molecule has 2 rings (SSSR count). The molecule has 0 atom stereocenters. The van der Waals surface area contributed by atoms with Gasteiger partial charge in [-0.15, -0.1) is 0 Å². The van der Waals surface area contributed by atoms with Gasteiger partial charge in [0.05, 0.1) is 4.92 Å². The molecular weight excluding hydrogens is 272 g/mol. The van der Waals surface area contributed by atoms with Gasteiger partial charge in [0.1, 0.15) is 5.69 Å². The topological polar surface area (TPSA) is 87.4 Å². The standard InChI is InChI=1S/C13H22N6O2/c1-9(2)17-5-7-18(8-6-17)12-11(19(20)21)10(3)15-13(14-4)16-12/h9H,5-8H2,1-4H3,(H,14,15,16). The minimum Gasteiger partial charge on any atom is -0.357 e. The highest BCUT2D eigenvalue weighted by molar-refractivity contribution is 5.62. The van der Waals surface area contributed by atoms with Crippen molar-refractivity contribution in [2.45, 2.75) is 26.8 Å². The van der Waals surface area contributed by atoms with Crippen LogP contribution in [0.5, 0.6) is 0 Å². The summed E-state index contributed by atoms with van der Waals surface area (Å²) in [5, 5.41) is 14.2. The van der Waals surface area contributed by atoms with Gasteiger partial charge in [0, 0.05) is 39.3 Å². The van der Waals surface area contributed by atoms with Crippen LogP contribution in [0.1, 0.15) is 19.5 Å². The van der Waals surface area contributed by atoms with Gasteiger partial charge in [-0.2, -0.15) is 4.98 Å². The van der Waals surface area contributed by atoms with E-state index in [1.807, 2.05) is 4.90 Å². The molecule has 0 bridgehead atoms. The third-order valence-corrected chi connectivity index (χ3v) is 3.79. The number of anilines is 2. The van der Waals surface area contributed by atoms with E-state index < -0.39 is 0 Å². The molecule has 1 aromatic rings. The number of rotatable bonds is 4. The van der Waals surface area contributed by atoms with Crippen LogP contribution in [-0.4, -0.2) is 59.1 Å². The van der Waals surface area contributed by atoms with Gasteiger partial charge in [0.2, 0.25) is 11.8 Å². The van der Waals surface area contributed by atoms with Gasteiger partial charge < -0.3 is 10.2 Å². The van der Waals surface area contributed by atoms with Gasteiger partial charge in [-0.05, 0) is 20.8 Å². The molecule has 0 radical (unpaired) electrons. The normalized spacial score (nSPS) is 16.3. The Morgan fingerprint density at radius 3 is 2.33 bits per heavy atom. The first kappa shape index (κ1) is 15.4. The van der Waals surface area contributed by atoms with Crippen molar-refractivity contribution < 1.29 is 4.92 Å². The summed E-state index contributed by atoms with van der Waals surface area (Å²) in [6, 6.07) is 0.488. The lowest BCUT2D eigenvalue weighted by molar-refractivity contribution is -0.385. The highest BCUT2D eigenvalue weighted by Crippen LogP contribution is 2.30. The van der Waals surface area contributed by atoms with Crippen molar-refractivity contribution in [2.75, 3.05) is 43.4 Å². The number of nitrogens with zero attached hydrogens (tertiary/aromatic N) is 5. The molecule has 8 nitrogen and oxygen atoms in total. The zero-order valence-corrected chi connectivity index (χ0v) is 13.0. The molecule has 21 heavy (non-hydrogen) atoms. The third-order valence-electron chi connectivity index (χ3n) is 3.79. The molecule has 1 aliphatic rings. The van der Waals surface area contributed by atoms with Crippen molar-refractivity contribution >= 4 is 17.5 Å². The van der Waals surface area contributed by atoms with E-state index in [-0.39, 0.29) is 10.6 Å². The summed E-state index contributed by atoms with van der Waals surface area (Å²) in [6.07, 6.45) is 0. The maximum Gasteiger partial charge on any atom is 0.332 e. The van der Waals surface area contributed by atoms with E-state index in [0.717, 1.165) is 26.2 Å². The fourth-order valence-electron chi connectivity index (χ4n) is 2.55. The van der Waals surface area contributed by atoms with E-state index in [4.69, 9.17) is 0 Å². The largest absolute Gasteiger partial charge is 0.357 e. The Balaban J connectivity index is 2.30. The predicted octanol–water partition coefficient (Wildman–Crippen LogP) is 1.27. The van der Waals surface area contributed by atoms with E-state index in [9.17, 15) is 10.1 Å². The van der Waals surface area contributed by atoms with Crippen LogP contribution in [0.2, 0.25) is 0 Å². The number of hydrogen-bond acceptors (Lipinski definition) is 7. The minimum absolute atomic E-state index is 0.00648. The van der Waals surface area contributed by atoms with E-state index in [1.165, 1.54) is 0 Å². The molecule has 0 spiro atoms. The first-order valence-corrected chi connectivity index (χ1v) is 7.13. The third kappa shape index (κ3) is 3.21. The lowest BCUT2D eigenvalue weighted by Gasteiger charge is -2.37. The molecule has 0 amide bonds. The molecule has 1 aliphatic heterocycles. The van der Waals surface area contributed by atoms with Crippen molar-refractivity contribution in [3.8, 4) is 0 Å². The van der Waals surface area contributed by atoms with Gasteiger partial charge in [-0.3, -0.25) is 15.0 Å². The number of nitrogens with one attached hydrogen (secondary N) is 1.